The second-order valence-electron chi connectivity index (χ2n) is 12.6. The number of rotatable bonds is 16. The van der Waals surface area contributed by atoms with Crippen molar-refractivity contribution in [1.82, 2.24) is 4.90 Å². The molecule has 3 aromatic rings. The molecule has 264 valence electrons. The molecule has 1 fully saturated rings. The number of carbonyl (C=O) groups excluding carboxylic acids is 2. The van der Waals surface area contributed by atoms with E-state index in [2.05, 4.69) is 17.2 Å². The number of amides is 2. The summed E-state index contributed by atoms with van der Waals surface area (Å²) >= 11 is 0. The Balaban J connectivity index is 0.000000555. The van der Waals surface area contributed by atoms with Gasteiger partial charge in [-0.15, -0.1) is 0 Å². The molecule has 49 heavy (non-hydrogen) atoms. The number of aliphatic imine (C=N–C) groups is 1. The van der Waals surface area contributed by atoms with Crippen LogP contribution in [0.3, 0.4) is 0 Å². The van der Waals surface area contributed by atoms with E-state index in [-0.39, 0.29) is 24.8 Å². The molecular weight excluding hydrogens is 618 g/mol. The summed E-state index contributed by atoms with van der Waals surface area (Å²) in [6.45, 7) is 9.93. The molecule has 0 bridgehead atoms. The lowest BCUT2D eigenvalue weighted by Gasteiger charge is -2.30. The largest absolute Gasteiger partial charge is 0.478 e. The second-order valence-corrected chi connectivity index (χ2v) is 12.6. The van der Waals surface area contributed by atoms with Crippen LogP contribution >= 0.6 is 0 Å². The Morgan fingerprint density at radius 3 is 2.22 bits per heavy atom. The maximum Gasteiger partial charge on any atom is 0.336 e. The molecule has 0 spiro atoms. The highest BCUT2D eigenvalue weighted by atomic mass is 16.5. The molecular formula is C40H53N3O6. The number of unbranched alkanes of at least 4 members (excludes halogenated alkanes) is 4. The van der Waals surface area contributed by atoms with Gasteiger partial charge in [-0.25, -0.2) is 14.4 Å². The number of urea groups is 1. The van der Waals surface area contributed by atoms with Crippen molar-refractivity contribution in [2.24, 2.45) is 4.99 Å². The normalized spacial score (nSPS) is 15.3. The number of para-hydroxylation sites is 2. The number of carboxylic acid groups (broad SMARTS) is 1. The van der Waals surface area contributed by atoms with E-state index >= 15 is 0 Å². The van der Waals surface area contributed by atoms with Gasteiger partial charge in [-0.3, -0.25) is 0 Å². The Labute approximate surface area is 291 Å². The smallest absolute Gasteiger partial charge is 0.336 e. The number of carbonyl (C=O) groups is 2. The van der Waals surface area contributed by atoms with Crippen LogP contribution < -0.4 is 5.32 Å². The molecule has 9 heteroatoms. The van der Waals surface area contributed by atoms with Crippen molar-refractivity contribution in [3.05, 3.63) is 94.5 Å². The third-order valence-corrected chi connectivity index (χ3v) is 8.83. The summed E-state index contributed by atoms with van der Waals surface area (Å²) in [7, 11) is 0. The Bertz CT molecular complexity index is 1520. The zero-order valence-corrected chi connectivity index (χ0v) is 29.6. The van der Waals surface area contributed by atoms with E-state index in [9.17, 15) is 19.5 Å². The van der Waals surface area contributed by atoms with Crippen molar-refractivity contribution < 1.29 is 29.0 Å². The number of anilines is 1. The summed E-state index contributed by atoms with van der Waals surface area (Å²) in [5.41, 5.74) is 5.35. The molecule has 1 saturated carbocycles. The van der Waals surface area contributed by atoms with Gasteiger partial charge in [-0.1, -0.05) is 87.2 Å². The molecule has 2 amide bonds. The highest BCUT2D eigenvalue weighted by molar-refractivity contribution is 5.91. The van der Waals surface area contributed by atoms with Gasteiger partial charge in [0.2, 0.25) is 6.08 Å². The maximum absolute atomic E-state index is 13.1. The molecule has 4 rings (SSSR count). The number of isocyanates is 1. The van der Waals surface area contributed by atoms with E-state index < -0.39 is 5.97 Å². The summed E-state index contributed by atoms with van der Waals surface area (Å²) in [5.74, 6) is -0.919. The number of aryl methyl sites for hydroxylation is 3. The van der Waals surface area contributed by atoms with Gasteiger partial charge in [0, 0.05) is 18.8 Å². The standard InChI is InChI=1S/C32H46N2O5.C8H7NO/c1-4-5-6-7-10-19-34(32(37)33-29-18-9-8-13-24(29)2)20-21-38-27-16-12-17-28(22-27)39-23-26-15-11-14-25(3)30(26)31(35)36;1-7-4-2-3-5-8(7)9-6-10/h8-9,11,13-15,18,27-28H,4-7,10,12,16-17,19-23H2,1-3H3,(H,33,37)(H,35,36);2-5H,1H3. The highest BCUT2D eigenvalue weighted by Gasteiger charge is 2.25. The molecule has 2 atom stereocenters. The first-order valence-electron chi connectivity index (χ1n) is 17.5. The Morgan fingerprint density at radius 2 is 1.53 bits per heavy atom. The third-order valence-electron chi connectivity index (χ3n) is 8.83. The minimum absolute atomic E-state index is 0.0323. The van der Waals surface area contributed by atoms with Gasteiger partial charge >= 0.3 is 12.0 Å². The SMILES string of the molecule is CCCCCCCN(CCOC1CCCC(OCc2cccc(C)c2C(=O)O)C1)C(=O)Nc1ccccc1C.Cc1ccccc1N=C=O. The van der Waals surface area contributed by atoms with Crippen LogP contribution in [0.1, 0.15) is 97.3 Å². The molecule has 2 N–H and O–H groups in total. The summed E-state index contributed by atoms with van der Waals surface area (Å²) in [5, 5.41) is 12.7. The van der Waals surface area contributed by atoms with E-state index in [0.717, 1.165) is 60.9 Å². The van der Waals surface area contributed by atoms with Crippen molar-refractivity contribution in [2.75, 3.05) is 25.0 Å². The number of carboxylic acids is 1. The van der Waals surface area contributed by atoms with E-state index in [0.29, 0.717) is 36.5 Å². The van der Waals surface area contributed by atoms with Crippen LogP contribution in [0, 0.1) is 20.8 Å². The number of nitrogens with one attached hydrogen (secondary N) is 1. The number of ether oxygens (including phenoxy) is 2. The first-order chi connectivity index (χ1) is 23.7. The molecule has 1 aliphatic rings. The molecule has 9 nitrogen and oxygen atoms in total. The lowest BCUT2D eigenvalue weighted by molar-refractivity contribution is -0.0523. The number of aromatic carboxylic acids is 1. The Morgan fingerprint density at radius 1 is 0.857 bits per heavy atom. The fourth-order valence-electron chi connectivity index (χ4n) is 5.96. The molecule has 2 unspecified atom stereocenters. The van der Waals surface area contributed by atoms with Crippen molar-refractivity contribution in [3.8, 4) is 0 Å². The molecule has 0 aromatic heterocycles. The van der Waals surface area contributed by atoms with Crippen LogP contribution in [0.2, 0.25) is 0 Å². The van der Waals surface area contributed by atoms with Gasteiger partial charge in [0.1, 0.15) is 0 Å². The molecule has 0 saturated heterocycles. The zero-order chi connectivity index (χ0) is 35.4. The average Bonchev–Trinajstić information content (AvgIpc) is 3.09. The predicted molar refractivity (Wildman–Crippen MR) is 194 cm³/mol. The van der Waals surface area contributed by atoms with Gasteiger partial charge < -0.3 is 24.8 Å². The second kappa shape index (κ2) is 21.6. The molecule has 0 heterocycles. The lowest BCUT2D eigenvalue weighted by Crippen LogP contribution is -2.39. The van der Waals surface area contributed by atoms with E-state index in [4.69, 9.17) is 9.47 Å². The average molecular weight is 672 g/mol. The van der Waals surface area contributed by atoms with Crippen LogP contribution in [0.4, 0.5) is 16.2 Å². The Hall–Kier alpha value is -4.30. The van der Waals surface area contributed by atoms with E-state index in [1.165, 1.54) is 25.3 Å². The van der Waals surface area contributed by atoms with E-state index in [1.54, 1.807) is 6.07 Å². The molecule has 0 aliphatic heterocycles. The monoisotopic (exact) mass is 671 g/mol. The van der Waals surface area contributed by atoms with Gasteiger partial charge in [-0.2, -0.15) is 4.99 Å². The molecule has 1 aliphatic carbocycles. The van der Waals surface area contributed by atoms with Crippen molar-refractivity contribution in [1.29, 1.82) is 0 Å². The van der Waals surface area contributed by atoms with Crippen LogP contribution in [-0.2, 0) is 20.9 Å². The van der Waals surface area contributed by atoms with Crippen LogP contribution in [0.5, 0.6) is 0 Å². The predicted octanol–water partition coefficient (Wildman–Crippen LogP) is 9.31. The third kappa shape index (κ3) is 13.6. The van der Waals surface area contributed by atoms with Gasteiger partial charge in [0.05, 0.1) is 36.7 Å². The topological polar surface area (TPSA) is 118 Å². The summed E-state index contributed by atoms with van der Waals surface area (Å²) in [6, 6.07) is 20.7. The minimum atomic E-state index is -0.919. The number of benzene rings is 3. The van der Waals surface area contributed by atoms with Gasteiger partial charge in [0.15, 0.2) is 0 Å². The molecule has 0 radical (unpaired) electrons. The first-order valence-corrected chi connectivity index (χ1v) is 17.5. The van der Waals surface area contributed by atoms with E-state index in [1.807, 2.05) is 86.3 Å². The quantitative estimate of drug-likeness (QED) is 0.0890. The fraction of sp³-hybridized carbons (Fsp3) is 0.475. The van der Waals surface area contributed by atoms with Gasteiger partial charge in [0.25, 0.3) is 0 Å². The summed E-state index contributed by atoms with van der Waals surface area (Å²) in [6.07, 6.45) is 11.0. The minimum Gasteiger partial charge on any atom is -0.478 e. The Kier molecular flexibility index (Phi) is 17.3. The summed E-state index contributed by atoms with van der Waals surface area (Å²) in [4.78, 5) is 40.0. The van der Waals surface area contributed by atoms with Gasteiger partial charge in [-0.05, 0) is 87.3 Å². The van der Waals surface area contributed by atoms with Crippen LogP contribution in [0.25, 0.3) is 0 Å². The number of hydrogen-bond donors (Lipinski definition) is 2. The number of nitrogens with zero attached hydrogens (tertiary/aromatic N) is 2. The van der Waals surface area contributed by atoms with Crippen molar-refractivity contribution in [3.63, 3.8) is 0 Å². The maximum atomic E-state index is 13.1. The van der Waals surface area contributed by atoms with Crippen LogP contribution in [0.15, 0.2) is 71.7 Å². The first kappa shape index (κ1) is 39.1. The van der Waals surface area contributed by atoms with Crippen molar-refractivity contribution in [2.45, 2.75) is 104 Å². The number of hydrogen-bond acceptors (Lipinski definition) is 6. The van der Waals surface area contributed by atoms with Crippen molar-refractivity contribution >= 4 is 29.5 Å². The fourth-order valence-corrected chi connectivity index (χ4v) is 5.96. The molecule has 3 aromatic carbocycles. The summed E-state index contributed by atoms with van der Waals surface area (Å²) < 4.78 is 12.4. The van der Waals surface area contributed by atoms with Crippen LogP contribution in [-0.4, -0.2) is 60.0 Å². The lowest BCUT2D eigenvalue weighted by atomic mass is 9.94. The zero-order valence-electron chi connectivity index (χ0n) is 29.6. The highest BCUT2D eigenvalue weighted by Crippen LogP contribution is 2.26.